The summed E-state index contributed by atoms with van der Waals surface area (Å²) >= 11 is 7.75. The maximum atomic E-state index is 12.0. The molecule has 1 aromatic carbocycles. The molecule has 0 aromatic heterocycles. The van der Waals surface area contributed by atoms with Gasteiger partial charge in [-0.15, -0.1) is 0 Å². The lowest BCUT2D eigenvalue weighted by Gasteiger charge is -2.40. The fourth-order valence-corrected chi connectivity index (χ4v) is 3.13. The number of nitrogens with two attached hydrogens (primary N) is 1. The number of nitrogens with one attached hydrogen (secondary N) is 1. The molecule has 1 aliphatic rings. The monoisotopic (exact) mass is 284 g/mol. The number of thioether (sulfide) groups is 1. The van der Waals surface area contributed by atoms with Gasteiger partial charge < -0.3 is 11.1 Å². The predicted octanol–water partition coefficient (Wildman–Crippen LogP) is 2.94. The van der Waals surface area contributed by atoms with Crippen LogP contribution in [0.4, 0.5) is 5.69 Å². The van der Waals surface area contributed by atoms with Crippen LogP contribution in [0.2, 0.25) is 5.02 Å². The average Bonchev–Trinajstić information content (AvgIpc) is 2.31. The molecule has 3 N–H and O–H groups in total. The van der Waals surface area contributed by atoms with Crippen molar-refractivity contribution in [2.45, 2.75) is 24.0 Å². The molecule has 5 heteroatoms. The molecule has 98 valence electrons. The Kier molecular flexibility index (Phi) is 4.07. The summed E-state index contributed by atoms with van der Waals surface area (Å²) in [7, 11) is 0. The van der Waals surface area contributed by atoms with E-state index in [1.165, 1.54) is 19.3 Å². The minimum absolute atomic E-state index is 0.0859. The van der Waals surface area contributed by atoms with Crippen LogP contribution in [-0.2, 0) is 0 Å². The van der Waals surface area contributed by atoms with Crippen molar-refractivity contribution in [2.24, 2.45) is 0 Å². The molecule has 0 spiro atoms. The lowest BCUT2D eigenvalue weighted by atomic mass is 9.84. The molecule has 0 atom stereocenters. The molecule has 2 rings (SSSR count). The predicted molar refractivity (Wildman–Crippen MR) is 78.3 cm³/mol. The van der Waals surface area contributed by atoms with E-state index < -0.39 is 0 Å². The first-order chi connectivity index (χ1) is 8.56. The van der Waals surface area contributed by atoms with E-state index in [2.05, 4.69) is 11.6 Å². The number of carbonyl (C=O) groups excluding carboxylic acids is 1. The lowest BCUT2D eigenvalue weighted by molar-refractivity contribution is 0.0944. The first-order valence-electron chi connectivity index (χ1n) is 5.95. The smallest absolute Gasteiger partial charge is 0.251 e. The van der Waals surface area contributed by atoms with E-state index in [4.69, 9.17) is 17.3 Å². The van der Waals surface area contributed by atoms with Gasteiger partial charge >= 0.3 is 0 Å². The minimum atomic E-state index is -0.0859. The van der Waals surface area contributed by atoms with Gasteiger partial charge in [0.1, 0.15) is 0 Å². The Morgan fingerprint density at radius 3 is 2.78 bits per heavy atom. The number of halogens is 1. The first kappa shape index (κ1) is 13.6. The molecule has 0 aliphatic heterocycles. The fourth-order valence-electron chi connectivity index (χ4n) is 2.04. The van der Waals surface area contributed by atoms with Crippen LogP contribution in [-0.4, -0.2) is 23.5 Å². The molecule has 0 unspecified atom stereocenters. The van der Waals surface area contributed by atoms with Gasteiger partial charge in [0, 0.05) is 16.9 Å². The summed E-state index contributed by atoms with van der Waals surface area (Å²) < 4.78 is 0.243. The van der Waals surface area contributed by atoms with E-state index >= 15 is 0 Å². The van der Waals surface area contributed by atoms with Gasteiger partial charge in [-0.25, -0.2) is 0 Å². The van der Waals surface area contributed by atoms with E-state index in [0.29, 0.717) is 16.3 Å². The van der Waals surface area contributed by atoms with Crippen LogP contribution in [0, 0.1) is 0 Å². The molecule has 3 nitrogen and oxygen atoms in total. The maximum Gasteiger partial charge on any atom is 0.251 e. The Labute approximate surface area is 116 Å². The van der Waals surface area contributed by atoms with Gasteiger partial charge in [-0.1, -0.05) is 18.0 Å². The van der Waals surface area contributed by atoms with Gasteiger partial charge in [0.25, 0.3) is 5.91 Å². The van der Waals surface area contributed by atoms with Crippen molar-refractivity contribution in [3.05, 3.63) is 28.8 Å². The van der Waals surface area contributed by atoms with Crippen LogP contribution in [0.25, 0.3) is 0 Å². The topological polar surface area (TPSA) is 55.1 Å². The second-order valence-electron chi connectivity index (χ2n) is 4.66. The Morgan fingerprint density at radius 1 is 1.56 bits per heavy atom. The highest BCUT2D eigenvalue weighted by Crippen LogP contribution is 2.42. The number of amides is 1. The van der Waals surface area contributed by atoms with Crippen LogP contribution in [0.1, 0.15) is 29.6 Å². The highest BCUT2D eigenvalue weighted by Gasteiger charge is 2.36. The van der Waals surface area contributed by atoms with E-state index in [1.54, 1.807) is 18.2 Å². The molecule has 0 bridgehead atoms. The number of nitrogen functional groups attached to an aromatic ring is 1. The third kappa shape index (κ3) is 2.75. The summed E-state index contributed by atoms with van der Waals surface area (Å²) in [6.45, 7) is 0.717. The minimum Gasteiger partial charge on any atom is -0.398 e. The zero-order valence-electron chi connectivity index (χ0n) is 10.3. The van der Waals surface area contributed by atoms with E-state index in [9.17, 15) is 4.79 Å². The lowest BCUT2D eigenvalue weighted by Crippen LogP contribution is -2.45. The normalized spacial score (nSPS) is 17.0. The largest absolute Gasteiger partial charge is 0.398 e. The van der Waals surface area contributed by atoms with E-state index in [1.807, 2.05) is 11.8 Å². The number of rotatable bonds is 4. The molecule has 0 radical (unpaired) electrons. The number of anilines is 1. The summed E-state index contributed by atoms with van der Waals surface area (Å²) in [5, 5.41) is 3.40. The Balaban J connectivity index is 1.97. The average molecular weight is 285 g/mol. The summed E-state index contributed by atoms with van der Waals surface area (Å²) in [5.74, 6) is -0.0859. The Bertz CT molecular complexity index is 455. The second-order valence-corrected chi connectivity index (χ2v) is 6.34. The van der Waals surface area contributed by atoms with Crippen LogP contribution >= 0.6 is 23.4 Å². The molecule has 0 saturated heterocycles. The molecule has 1 aliphatic carbocycles. The zero-order chi connectivity index (χ0) is 13.2. The second kappa shape index (κ2) is 5.41. The Hall–Kier alpha value is -0.870. The molecule has 18 heavy (non-hydrogen) atoms. The third-order valence-electron chi connectivity index (χ3n) is 3.53. The van der Waals surface area contributed by atoms with Crippen molar-refractivity contribution in [1.82, 2.24) is 5.32 Å². The van der Waals surface area contributed by atoms with Crippen molar-refractivity contribution in [2.75, 3.05) is 18.5 Å². The van der Waals surface area contributed by atoms with Gasteiger partial charge in [-0.2, -0.15) is 11.8 Å². The molecule has 1 fully saturated rings. The third-order valence-corrected chi connectivity index (χ3v) is 5.28. The number of benzene rings is 1. The molecular weight excluding hydrogens is 268 g/mol. The van der Waals surface area contributed by atoms with Crippen LogP contribution in [0.3, 0.4) is 0 Å². The van der Waals surface area contributed by atoms with Crippen molar-refractivity contribution in [3.63, 3.8) is 0 Å². The van der Waals surface area contributed by atoms with Crippen molar-refractivity contribution in [3.8, 4) is 0 Å². The SMILES string of the molecule is CSC1(CNC(=O)c2ccc(N)c(Cl)c2)CCC1. The molecular formula is C13H17ClN2OS. The number of carbonyl (C=O) groups is 1. The fraction of sp³-hybridized carbons (Fsp3) is 0.462. The standard InChI is InChI=1S/C13H17ClN2OS/c1-18-13(5-2-6-13)8-16-12(17)9-3-4-11(15)10(14)7-9/h3-4,7H,2,5-6,8,15H2,1H3,(H,16,17). The van der Waals surface area contributed by atoms with E-state index in [-0.39, 0.29) is 10.7 Å². The first-order valence-corrected chi connectivity index (χ1v) is 7.55. The van der Waals surface area contributed by atoms with Crippen LogP contribution in [0.15, 0.2) is 18.2 Å². The molecule has 0 heterocycles. The maximum absolute atomic E-state index is 12.0. The quantitative estimate of drug-likeness (QED) is 0.836. The highest BCUT2D eigenvalue weighted by molar-refractivity contribution is 8.00. The summed E-state index contributed by atoms with van der Waals surface area (Å²) in [6, 6.07) is 4.97. The molecule has 1 saturated carbocycles. The van der Waals surface area contributed by atoms with Crippen molar-refractivity contribution in [1.29, 1.82) is 0 Å². The molecule has 1 aromatic rings. The summed E-state index contributed by atoms with van der Waals surface area (Å²) in [5.41, 5.74) is 6.67. The van der Waals surface area contributed by atoms with Crippen LogP contribution in [0.5, 0.6) is 0 Å². The van der Waals surface area contributed by atoms with Crippen molar-refractivity contribution >= 4 is 35.0 Å². The number of hydrogen-bond acceptors (Lipinski definition) is 3. The number of hydrogen-bond donors (Lipinski definition) is 2. The highest BCUT2D eigenvalue weighted by atomic mass is 35.5. The van der Waals surface area contributed by atoms with Gasteiger partial charge in [-0.3, -0.25) is 4.79 Å². The summed E-state index contributed by atoms with van der Waals surface area (Å²) in [6.07, 6.45) is 5.71. The van der Waals surface area contributed by atoms with E-state index in [0.717, 1.165) is 6.54 Å². The zero-order valence-corrected chi connectivity index (χ0v) is 11.9. The van der Waals surface area contributed by atoms with Gasteiger partial charge in [0.05, 0.1) is 10.7 Å². The van der Waals surface area contributed by atoms with Crippen molar-refractivity contribution < 1.29 is 4.79 Å². The van der Waals surface area contributed by atoms with Crippen LogP contribution < -0.4 is 11.1 Å². The van der Waals surface area contributed by atoms with Gasteiger partial charge in [-0.05, 0) is 37.3 Å². The molecule has 1 amide bonds. The van der Waals surface area contributed by atoms with Gasteiger partial charge in [0.2, 0.25) is 0 Å². The Morgan fingerprint density at radius 2 is 2.28 bits per heavy atom. The summed E-state index contributed by atoms with van der Waals surface area (Å²) in [4.78, 5) is 12.0. The van der Waals surface area contributed by atoms with Gasteiger partial charge in [0.15, 0.2) is 0 Å².